The van der Waals surface area contributed by atoms with Gasteiger partial charge in [-0.05, 0) is 83.1 Å². The molecule has 34 heavy (non-hydrogen) atoms. The molecule has 10 heteroatoms. The second-order valence-electron chi connectivity index (χ2n) is 10.9. The summed E-state index contributed by atoms with van der Waals surface area (Å²) in [5.74, 6) is 2.17. The Balaban J connectivity index is 5.09. The summed E-state index contributed by atoms with van der Waals surface area (Å²) in [4.78, 5) is 0. The van der Waals surface area contributed by atoms with Gasteiger partial charge in [0.1, 0.15) is 0 Å². The van der Waals surface area contributed by atoms with Crippen LogP contribution in [-0.2, 0) is 9.26 Å². The van der Waals surface area contributed by atoms with Crippen LogP contribution in [0.1, 0.15) is 83.1 Å². The minimum atomic E-state index is -0.928. The summed E-state index contributed by atoms with van der Waals surface area (Å²) in [5, 5.41) is 13.4. The van der Waals surface area contributed by atoms with Crippen LogP contribution in [0.15, 0.2) is 0 Å². The molecule has 3 N–H and O–H groups in total. The van der Waals surface area contributed by atoms with Crippen molar-refractivity contribution in [2.75, 3.05) is 31.7 Å². The first-order chi connectivity index (χ1) is 15.5. The van der Waals surface area contributed by atoms with E-state index in [1.807, 2.05) is 10.8 Å². The summed E-state index contributed by atoms with van der Waals surface area (Å²) in [6.45, 7) is 28.0. The number of hydrogen-bond donors (Lipinski definition) is 3. The molecule has 204 valence electrons. The van der Waals surface area contributed by atoms with Gasteiger partial charge in [0.05, 0.1) is 17.8 Å². The summed E-state index contributed by atoms with van der Waals surface area (Å²) in [6, 6.07) is 1.58. The second-order valence-corrected chi connectivity index (χ2v) is 15.2. The van der Waals surface area contributed by atoms with E-state index >= 15 is 0 Å². The number of hydrogen-bond acceptors (Lipinski definition) is 7. The molecule has 0 bridgehead atoms. The molecule has 0 fully saturated rings. The topological polar surface area (TPSA) is 72.8 Å². The maximum atomic E-state index is 7.56. The van der Waals surface area contributed by atoms with E-state index in [1.54, 1.807) is 17.8 Å². The maximum absolute atomic E-state index is 7.56. The second kappa shape index (κ2) is 16.2. The van der Waals surface area contributed by atoms with Gasteiger partial charge in [-0.15, -0.1) is 0 Å². The molecule has 0 unspecified atom stereocenters. The van der Waals surface area contributed by atoms with Crippen LogP contribution in [0.4, 0.5) is 0 Å². The van der Waals surface area contributed by atoms with E-state index in [1.165, 1.54) is 0 Å². The lowest BCUT2D eigenvalue weighted by Crippen LogP contribution is -2.46. The van der Waals surface area contributed by atoms with E-state index < -0.39 is 14.1 Å². The van der Waals surface area contributed by atoms with Crippen molar-refractivity contribution >= 4 is 36.0 Å². The molecule has 0 atom stereocenters. The zero-order valence-corrected chi connectivity index (χ0v) is 26.6. The van der Waals surface area contributed by atoms with Crippen LogP contribution in [-0.4, -0.2) is 82.4 Å². The lowest BCUT2D eigenvalue weighted by Gasteiger charge is -2.47. The van der Waals surface area contributed by atoms with Gasteiger partial charge in [-0.3, -0.25) is 5.41 Å². The van der Waals surface area contributed by atoms with Gasteiger partial charge in [0.2, 0.25) is 0 Å². The zero-order chi connectivity index (χ0) is 26.7. The molecule has 0 aliphatic rings. The molecule has 0 aliphatic carbocycles. The van der Waals surface area contributed by atoms with Gasteiger partial charge in [-0.1, -0.05) is 21.6 Å². The van der Waals surface area contributed by atoms with Crippen LogP contribution in [0.3, 0.4) is 0 Å². The van der Waals surface area contributed by atoms with Crippen molar-refractivity contribution in [2.24, 2.45) is 0 Å². The number of nitrogens with one attached hydrogen (secondary N) is 3. The molecule has 0 amide bonds. The largest absolute Gasteiger partial charge is 0.366 e. The fourth-order valence-corrected chi connectivity index (χ4v) is 8.75. The number of nitrogens with zero attached hydrogens (tertiary/aromatic N) is 2. The lowest BCUT2D eigenvalue weighted by molar-refractivity contribution is -0.126. The molecule has 0 spiro atoms. The van der Waals surface area contributed by atoms with Crippen molar-refractivity contribution in [3.63, 3.8) is 0 Å². The fraction of sp³-hybridized carbons (Fsp3) is 0.958. The minimum Gasteiger partial charge on any atom is -0.366 e. The Labute approximate surface area is 220 Å². The number of ether oxygens (including phenoxy) is 1. The molecular weight excluding hydrogens is 485 g/mol. The summed E-state index contributed by atoms with van der Waals surface area (Å²) >= 11 is 0. The highest BCUT2D eigenvalue weighted by molar-refractivity contribution is 8.76. The first-order valence-electron chi connectivity index (χ1n) is 12.5. The van der Waals surface area contributed by atoms with Gasteiger partial charge in [-0.2, -0.15) is 0 Å². The summed E-state index contributed by atoms with van der Waals surface area (Å²) in [5.41, 5.74) is -0.679. The van der Waals surface area contributed by atoms with Gasteiger partial charge in [-0.25, -0.2) is 9.34 Å². The fourth-order valence-electron chi connectivity index (χ4n) is 3.80. The SMILES string of the molecule is CNC(=N)NCCSSCC(C)(C)OC(C)(C)COP(N(C(C)C)C(C)C)N(C(C)C)C(C)C. The maximum Gasteiger partial charge on any atom is 0.189 e. The van der Waals surface area contributed by atoms with Crippen LogP contribution in [0.2, 0.25) is 0 Å². The third-order valence-electron chi connectivity index (χ3n) is 4.82. The molecule has 0 aromatic heterocycles. The Hall–Kier alpha value is 0.240. The van der Waals surface area contributed by atoms with E-state index in [0.717, 1.165) is 18.1 Å². The predicted octanol–water partition coefficient (Wildman–Crippen LogP) is 6.17. The van der Waals surface area contributed by atoms with E-state index in [0.29, 0.717) is 36.7 Å². The van der Waals surface area contributed by atoms with Crippen LogP contribution in [0.5, 0.6) is 0 Å². The van der Waals surface area contributed by atoms with Crippen molar-refractivity contribution in [2.45, 2.75) is 118 Å². The Kier molecular flexibility index (Phi) is 16.3. The highest BCUT2D eigenvalue weighted by atomic mass is 33.1. The highest BCUT2D eigenvalue weighted by Gasteiger charge is 2.37. The van der Waals surface area contributed by atoms with E-state index in [4.69, 9.17) is 14.7 Å². The third-order valence-corrected chi connectivity index (χ3v) is 10.5. The monoisotopic (exact) mass is 539 g/mol. The van der Waals surface area contributed by atoms with Crippen LogP contribution in [0, 0.1) is 5.41 Å². The predicted molar refractivity (Wildman–Crippen MR) is 156 cm³/mol. The Bertz CT molecular complexity index is 542. The molecule has 0 radical (unpaired) electrons. The van der Waals surface area contributed by atoms with E-state index in [-0.39, 0.29) is 5.60 Å². The van der Waals surface area contributed by atoms with Crippen molar-refractivity contribution in [3.05, 3.63) is 0 Å². The Morgan fingerprint density at radius 2 is 1.32 bits per heavy atom. The summed E-state index contributed by atoms with van der Waals surface area (Å²) < 4.78 is 18.4. The molecule has 0 aliphatic heterocycles. The Morgan fingerprint density at radius 1 is 0.853 bits per heavy atom. The lowest BCUT2D eigenvalue weighted by atomic mass is 10.1. The van der Waals surface area contributed by atoms with Crippen molar-refractivity contribution in [1.82, 2.24) is 20.0 Å². The van der Waals surface area contributed by atoms with Gasteiger partial charge < -0.3 is 19.9 Å². The molecule has 0 aromatic rings. The molecule has 0 rings (SSSR count). The average Bonchev–Trinajstić information content (AvgIpc) is 2.66. The summed E-state index contributed by atoms with van der Waals surface area (Å²) in [6.07, 6.45) is 0. The Morgan fingerprint density at radius 3 is 1.74 bits per heavy atom. The van der Waals surface area contributed by atoms with Crippen molar-refractivity contribution in [3.8, 4) is 0 Å². The zero-order valence-electron chi connectivity index (χ0n) is 24.1. The minimum absolute atomic E-state index is 0.274. The number of rotatable bonds is 17. The van der Waals surface area contributed by atoms with Crippen LogP contribution >= 0.6 is 30.0 Å². The molecule has 0 saturated heterocycles. The highest BCUT2D eigenvalue weighted by Crippen LogP contribution is 2.51. The quantitative estimate of drug-likeness (QED) is 0.0667. The molecule has 0 aromatic carbocycles. The number of guanidine groups is 1. The van der Waals surface area contributed by atoms with Crippen LogP contribution < -0.4 is 10.6 Å². The standard InChI is InChI=1S/C24H54N5O2PS2/c1-18(2)28(19(3)4)32(29(20(5)6)21(7)8)30-16-23(9,10)31-24(11,12)17-34-33-15-14-27-22(25)26-13/h18-21H,14-17H2,1-13H3,(H3,25,26,27). The van der Waals surface area contributed by atoms with Gasteiger partial charge in [0.25, 0.3) is 0 Å². The molecule has 7 nitrogen and oxygen atoms in total. The van der Waals surface area contributed by atoms with Gasteiger partial charge >= 0.3 is 0 Å². The smallest absolute Gasteiger partial charge is 0.189 e. The third kappa shape index (κ3) is 13.5. The molecule has 0 saturated carbocycles. The summed E-state index contributed by atoms with van der Waals surface area (Å²) in [7, 11) is 4.44. The van der Waals surface area contributed by atoms with Crippen molar-refractivity contribution < 1.29 is 9.26 Å². The first-order valence-corrected chi connectivity index (χ1v) is 16.1. The van der Waals surface area contributed by atoms with E-state index in [9.17, 15) is 0 Å². The average molecular weight is 540 g/mol. The van der Waals surface area contributed by atoms with Crippen molar-refractivity contribution in [1.29, 1.82) is 5.41 Å². The van der Waals surface area contributed by atoms with Gasteiger partial charge in [0, 0.05) is 49.3 Å². The normalized spacial score (nSPS) is 13.4. The van der Waals surface area contributed by atoms with E-state index in [2.05, 4.69) is 103 Å². The molecule has 0 heterocycles. The first kappa shape index (κ1) is 34.2. The molecular formula is C24H54N5O2PS2. The van der Waals surface area contributed by atoms with Crippen LogP contribution in [0.25, 0.3) is 0 Å². The van der Waals surface area contributed by atoms with Gasteiger partial charge in [0.15, 0.2) is 14.4 Å².